The molecule has 180 valence electrons. The van der Waals surface area contributed by atoms with Crippen LogP contribution in [-0.4, -0.2) is 121 Å². The minimum Gasteiger partial charge on any atom is -0.394 e. The van der Waals surface area contributed by atoms with Gasteiger partial charge in [0.15, 0.2) is 12.6 Å². The van der Waals surface area contributed by atoms with Crippen LogP contribution in [0.1, 0.15) is 13.8 Å². The maximum Gasteiger partial charge on any atom is 0.217 e. The van der Waals surface area contributed by atoms with Crippen LogP contribution < -0.4 is 10.6 Å². The number of nitrogens with one attached hydrogen (secondary N) is 2. The smallest absolute Gasteiger partial charge is 0.217 e. The van der Waals surface area contributed by atoms with E-state index < -0.39 is 86.3 Å². The first-order valence-electron chi connectivity index (χ1n) is 9.82. The third kappa shape index (κ3) is 5.88. The van der Waals surface area contributed by atoms with Crippen molar-refractivity contribution in [2.75, 3.05) is 27.4 Å². The third-order valence-electron chi connectivity index (χ3n) is 5.24. The van der Waals surface area contributed by atoms with Gasteiger partial charge in [-0.1, -0.05) is 0 Å². The molecule has 2 amide bonds. The van der Waals surface area contributed by atoms with Crippen molar-refractivity contribution in [3.63, 3.8) is 0 Å². The topological polar surface area (TPSA) is 185 Å². The number of ether oxygens (including phenoxy) is 5. The van der Waals surface area contributed by atoms with Gasteiger partial charge >= 0.3 is 0 Å². The molecule has 0 aromatic rings. The van der Waals surface area contributed by atoms with E-state index in [1.165, 1.54) is 28.1 Å². The predicted octanol–water partition coefficient (Wildman–Crippen LogP) is -3.80. The van der Waals surface area contributed by atoms with Crippen molar-refractivity contribution >= 4 is 11.8 Å². The van der Waals surface area contributed by atoms with E-state index in [9.17, 15) is 30.0 Å². The summed E-state index contributed by atoms with van der Waals surface area (Å²) in [5.74, 6) is -0.951. The molecule has 0 bridgehead atoms. The fraction of sp³-hybridized carbons (Fsp3) is 0.889. The van der Waals surface area contributed by atoms with Gasteiger partial charge in [-0.2, -0.15) is 0 Å². The fourth-order valence-electron chi connectivity index (χ4n) is 3.84. The summed E-state index contributed by atoms with van der Waals surface area (Å²) in [5, 5.41) is 46.0. The van der Waals surface area contributed by atoms with E-state index in [0.29, 0.717) is 0 Å². The van der Waals surface area contributed by atoms with Crippen LogP contribution >= 0.6 is 0 Å². The Kier molecular flexibility index (Phi) is 9.54. The lowest BCUT2D eigenvalue weighted by Crippen LogP contribution is -2.69. The van der Waals surface area contributed by atoms with Gasteiger partial charge in [0.2, 0.25) is 11.8 Å². The number of carbonyl (C=O) groups excluding carboxylic acids is 2. The summed E-state index contributed by atoms with van der Waals surface area (Å²) < 4.78 is 27.5. The molecule has 2 saturated heterocycles. The number of aliphatic hydroxyl groups is 4. The van der Waals surface area contributed by atoms with Crippen LogP contribution in [0.5, 0.6) is 0 Å². The predicted molar refractivity (Wildman–Crippen MR) is 101 cm³/mol. The van der Waals surface area contributed by atoms with Crippen LogP contribution in [-0.2, 0) is 33.3 Å². The molecule has 2 heterocycles. The molecule has 0 aliphatic carbocycles. The Balaban J connectivity index is 2.30. The zero-order valence-corrected chi connectivity index (χ0v) is 17.8. The highest BCUT2D eigenvalue weighted by molar-refractivity contribution is 5.73. The van der Waals surface area contributed by atoms with E-state index in [-0.39, 0.29) is 0 Å². The van der Waals surface area contributed by atoms with Gasteiger partial charge in [0.25, 0.3) is 0 Å². The summed E-state index contributed by atoms with van der Waals surface area (Å²) in [7, 11) is 2.63. The number of aliphatic hydroxyl groups excluding tert-OH is 4. The Labute approximate surface area is 179 Å². The van der Waals surface area contributed by atoms with Crippen molar-refractivity contribution in [1.82, 2.24) is 10.6 Å². The van der Waals surface area contributed by atoms with Gasteiger partial charge in [-0.25, -0.2) is 0 Å². The van der Waals surface area contributed by atoms with E-state index >= 15 is 0 Å². The summed E-state index contributed by atoms with van der Waals surface area (Å²) >= 11 is 0. The first-order valence-corrected chi connectivity index (χ1v) is 9.82. The molecule has 0 aromatic carbocycles. The largest absolute Gasteiger partial charge is 0.394 e. The van der Waals surface area contributed by atoms with E-state index in [0.717, 1.165) is 0 Å². The zero-order chi connectivity index (χ0) is 23.3. The number of hydrogen-bond acceptors (Lipinski definition) is 11. The number of amides is 2. The SMILES string of the molecule is CO[C@@H]1OC(CO)C(OC2O[C@@H](CO)[C@@H](OC)C(O)C2NC(C)=O)[C@@H](O)[C@@H]1NC(C)=O. The van der Waals surface area contributed by atoms with Crippen molar-refractivity contribution < 1.29 is 53.7 Å². The molecule has 2 fully saturated rings. The molecule has 31 heavy (non-hydrogen) atoms. The van der Waals surface area contributed by atoms with Gasteiger partial charge < -0.3 is 54.7 Å². The highest BCUT2D eigenvalue weighted by Gasteiger charge is 2.52. The number of hydrogen-bond donors (Lipinski definition) is 6. The molecule has 0 aromatic heterocycles. The zero-order valence-electron chi connectivity index (χ0n) is 17.8. The van der Waals surface area contributed by atoms with Gasteiger partial charge in [-0.15, -0.1) is 0 Å². The second-order valence-electron chi connectivity index (χ2n) is 7.42. The van der Waals surface area contributed by atoms with Crippen LogP contribution in [0.3, 0.4) is 0 Å². The fourth-order valence-corrected chi connectivity index (χ4v) is 3.84. The van der Waals surface area contributed by atoms with Crippen LogP contribution in [0.2, 0.25) is 0 Å². The Morgan fingerprint density at radius 3 is 1.71 bits per heavy atom. The van der Waals surface area contributed by atoms with Gasteiger partial charge in [0, 0.05) is 28.1 Å². The molecule has 5 unspecified atom stereocenters. The highest BCUT2D eigenvalue weighted by Crippen LogP contribution is 2.30. The Bertz CT molecular complexity index is 609. The van der Waals surface area contributed by atoms with Gasteiger partial charge in [0.1, 0.15) is 48.7 Å². The molecule has 10 atom stereocenters. The Hall–Kier alpha value is -1.42. The highest BCUT2D eigenvalue weighted by atomic mass is 16.7. The molecular formula is C18H32N2O11. The average molecular weight is 452 g/mol. The summed E-state index contributed by atoms with van der Waals surface area (Å²) in [5.41, 5.74) is 0. The molecular weight excluding hydrogens is 420 g/mol. The van der Waals surface area contributed by atoms with Crippen molar-refractivity contribution in [3.8, 4) is 0 Å². The number of methoxy groups -OCH3 is 2. The van der Waals surface area contributed by atoms with Gasteiger partial charge in [0.05, 0.1) is 13.2 Å². The number of rotatable bonds is 8. The van der Waals surface area contributed by atoms with Crippen molar-refractivity contribution in [2.24, 2.45) is 0 Å². The summed E-state index contributed by atoms with van der Waals surface area (Å²) in [4.78, 5) is 23.2. The molecule has 13 heteroatoms. The molecule has 2 rings (SSSR count). The van der Waals surface area contributed by atoms with Gasteiger partial charge in [-0.05, 0) is 0 Å². The molecule has 6 N–H and O–H groups in total. The summed E-state index contributed by atoms with van der Waals surface area (Å²) in [6.07, 6.45) is -9.45. The summed E-state index contributed by atoms with van der Waals surface area (Å²) in [6, 6.07) is -2.17. The Morgan fingerprint density at radius 1 is 0.806 bits per heavy atom. The van der Waals surface area contributed by atoms with Crippen LogP contribution in [0, 0.1) is 0 Å². The van der Waals surface area contributed by atoms with Crippen LogP contribution in [0.4, 0.5) is 0 Å². The minimum absolute atomic E-state index is 0.459. The summed E-state index contributed by atoms with van der Waals surface area (Å²) in [6.45, 7) is 1.39. The molecule has 0 radical (unpaired) electrons. The monoisotopic (exact) mass is 452 g/mol. The lowest BCUT2D eigenvalue weighted by atomic mass is 9.94. The lowest BCUT2D eigenvalue weighted by Gasteiger charge is -2.48. The maximum absolute atomic E-state index is 11.7. The molecule has 0 spiro atoms. The number of carbonyl (C=O) groups is 2. The average Bonchev–Trinajstić information content (AvgIpc) is 2.72. The van der Waals surface area contributed by atoms with E-state index in [4.69, 9.17) is 23.7 Å². The first-order chi connectivity index (χ1) is 14.7. The van der Waals surface area contributed by atoms with Gasteiger partial charge in [-0.3, -0.25) is 9.59 Å². The third-order valence-corrected chi connectivity index (χ3v) is 5.24. The van der Waals surface area contributed by atoms with Crippen molar-refractivity contribution in [3.05, 3.63) is 0 Å². The molecule has 0 saturated carbocycles. The first kappa shape index (κ1) is 25.8. The van der Waals surface area contributed by atoms with Crippen LogP contribution in [0.15, 0.2) is 0 Å². The second-order valence-corrected chi connectivity index (χ2v) is 7.42. The van der Waals surface area contributed by atoms with Crippen molar-refractivity contribution in [1.29, 1.82) is 0 Å². The minimum atomic E-state index is -1.41. The molecule has 13 nitrogen and oxygen atoms in total. The van der Waals surface area contributed by atoms with Crippen LogP contribution in [0.25, 0.3) is 0 Å². The Morgan fingerprint density at radius 2 is 1.26 bits per heavy atom. The lowest BCUT2D eigenvalue weighted by molar-refractivity contribution is -0.331. The van der Waals surface area contributed by atoms with E-state index in [2.05, 4.69) is 10.6 Å². The van der Waals surface area contributed by atoms with E-state index in [1.807, 2.05) is 0 Å². The quantitative estimate of drug-likeness (QED) is 0.212. The normalized spacial score (nSPS) is 40.9. The molecule has 2 aliphatic heterocycles. The van der Waals surface area contributed by atoms with E-state index in [1.54, 1.807) is 0 Å². The molecule has 2 aliphatic rings. The van der Waals surface area contributed by atoms with Crippen molar-refractivity contribution in [2.45, 2.75) is 75.1 Å². The maximum atomic E-state index is 11.7. The standard InChI is InChI=1S/C18H32N2O11/c1-7(23)19-11-14(26)16(10(6-22)29-17(11)28-4)31-18-12(20-8(2)24)13(25)15(27-3)9(5-21)30-18/h9-18,21-22,25-26H,5-6H2,1-4H3,(H,19,23)(H,20,24)/t9-,10?,11-,12?,13?,14-,15+,16?,17+,18?/m0/s1. The second kappa shape index (κ2) is 11.4.